The molecule has 2 heterocycles. The summed E-state index contributed by atoms with van der Waals surface area (Å²) in [5, 5.41) is 7.43. The Hall–Kier alpha value is -3.28. The zero-order valence-corrected chi connectivity index (χ0v) is 16.2. The summed E-state index contributed by atoms with van der Waals surface area (Å²) in [5.41, 5.74) is 4.21. The van der Waals surface area contributed by atoms with Gasteiger partial charge in [0.15, 0.2) is 11.5 Å². The SMILES string of the molecule is Cc1ccc(-n2ncc(C(=O)Nc3ccc4c(c3)OCCO4)c2C(C)C)cc1. The molecule has 0 unspecified atom stereocenters. The number of amides is 1. The molecule has 144 valence electrons. The Kier molecular flexibility index (Phi) is 4.77. The molecule has 1 N–H and O–H groups in total. The van der Waals surface area contributed by atoms with Gasteiger partial charge >= 0.3 is 0 Å². The van der Waals surface area contributed by atoms with Gasteiger partial charge in [0.1, 0.15) is 13.2 Å². The highest BCUT2D eigenvalue weighted by Gasteiger charge is 2.21. The number of carbonyl (C=O) groups is 1. The number of rotatable bonds is 4. The maximum absolute atomic E-state index is 13.0. The number of anilines is 1. The van der Waals surface area contributed by atoms with E-state index < -0.39 is 0 Å². The number of aromatic nitrogens is 2. The minimum Gasteiger partial charge on any atom is -0.486 e. The maximum atomic E-state index is 13.0. The van der Waals surface area contributed by atoms with Crippen LogP contribution in [0.5, 0.6) is 11.5 Å². The molecule has 0 atom stereocenters. The highest BCUT2D eigenvalue weighted by molar-refractivity contribution is 6.05. The van der Waals surface area contributed by atoms with Gasteiger partial charge < -0.3 is 14.8 Å². The summed E-state index contributed by atoms with van der Waals surface area (Å²) in [6.07, 6.45) is 1.63. The standard InChI is InChI=1S/C22H23N3O3/c1-14(2)21-18(13-23-25(21)17-7-4-15(3)5-8-17)22(26)24-16-6-9-19-20(12-16)28-11-10-27-19/h4-9,12-14H,10-11H2,1-3H3,(H,24,26). The maximum Gasteiger partial charge on any atom is 0.259 e. The number of hydrogen-bond donors (Lipinski definition) is 1. The summed E-state index contributed by atoms with van der Waals surface area (Å²) in [4.78, 5) is 13.0. The van der Waals surface area contributed by atoms with Crippen LogP contribution in [-0.2, 0) is 0 Å². The van der Waals surface area contributed by atoms with Crippen LogP contribution in [0.15, 0.2) is 48.7 Å². The molecular formula is C22H23N3O3. The third-order valence-electron chi connectivity index (χ3n) is 4.68. The zero-order valence-electron chi connectivity index (χ0n) is 16.2. The van der Waals surface area contributed by atoms with Crippen molar-refractivity contribution in [3.63, 3.8) is 0 Å². The second kappa shape index (κ2) is 7.38. The summed E-state index contributed by atoms with van der Waals surface area (Å²) in [6.45, 7) is 7.20. The fourth-order valence-corrected chi connectivity index (χ4v) is 3.30. The molecule has 6 heteroatoms. The van der Waals surface area contributed by atoms with E-state index >= 15 is 0 Å². The third-order valence-corrected chi connectivity index (χ3v) is 4.68. The minimum absolute atomic E-state index is 0.129. The number of ether oxygens (including phenoxy) is 2. The molecule has 3 aromatic rings. The van der Waals surface area contributed by atoms with Crippen LogP contribution >= 0.6 is 0 Å². The number of aryl methyl sites for hydroxylation is 1. The summed E-state index contributed by atoms with van der Waals surface area (Å²) in [5.74, 6) is 1.27. The zero-order chi connectivity index (χ0) is 19.7. The third kappa shape index (κ3) is 3.45. The Morgan fingerprint density at radius 3 is 2.50 bits per heavy atom. The lowest BCUT2D eigenvalue weighted by Crippen LogP contribution is -2.17. The van der Waals surface area contributed by atoms with Crippen LogP contribution in [0, 0.1) is 6.92 Å². The van der Waals surface area contributed by atoms with Crippen molar-refractivity contribution in [1.29, 1.82) is 0 Å². The van der Waals surface area contributed by atoms with Gasteiger partial charge in [0, 0.05) is 11.8 Å². The first kappa shape index (κ1) is 18.1. The predicted octanol–water partition coefficient (Wildman–Crippen LogP) is 4.33. The first-order valence-corrected chi connectivity index (χ1v) is 9.39. The van der Waals surface area contributed by atoms with E-state index in [2.05, 4.69) is 24.3 Å². The lowest BCUT2D eigenvalue weighted by atomic mass is 10.0. The highest BCUT2D eigenvalue weighted by atomic mass is 16.6. The molecular weight excluding hydrogens is 354 g/mol. The van der Waals surface area contributed by atoms with E-state index in [-0.39, 0.29) is 11.8 Å². The minimum atomic E-state index is -0.196. The molecule has 1 aromatic heterocycles. The van der Waals surface area contributed by atoms with Crippen molar-refractivity contribution >= 4 is 11.6 Å². The Balaban J connectivity index is 1.63. The monoisotopic (exact) mass is 377 g/mol. The Morgan fingerprint density at radius 2 is 1.79 bits per heavy atom. The van der Waals surface area contributed by atoms with E-state index in [1.807, 2.05) is 48.0 Å². The predicted molar refractivity (Wildman–Crippen MR) is 108 cm³/mol. The lowest BCUT2D eigenvalue weighted by molar-refractivity contribution is 0.102. The molecule has 28 heavy (non-hydrogen) atoms. The lowest BCUT2D eigenvalue weighted by Gasteiger charge is -2.19. The van der Waals surface area contributed by atoms with Crippen LogP contribution in [-0.4, -0.2) is 28.9 Å². The first-order chi connectivity index (χ1) is 13.5. The van der Waals surface area contributed by atoms with Crippen molar-refractivity contribution in [2.45, 2.75) is 26.7 Å². The normalized spacial score (nSPS) is 12.9. The van der Waals surface area contributed by atoms with Crippen molar-refractivity contribution < 1.29 is 14.3 Å². The molecule has 1 aliphatic heterocycles. The van der Waals surface area contributed by atoms with E-state index in [0.29, 0.717) is 36.0 Å². The van der Waals surface area contributed by atoms with Gasteiger partial charge in [0.25, 0.3) is 5.91 Å². The Morgan fingerprint density at radius 1 is 1.07 bits per heavy atom. The van der Waals surface area contributed by atoms with Crippen LogP contribution in [0.4, 0.5) is 5.69 Å². The largest absolute Gasteiger partial charge is 0.486 e. The molecule has 0 aliphatic carbocycles. The van der Waals surface area contributed by atoms with Gasteiger partial charge in [-0.2, -0.15) is 5.10 Å². The fourth-order valence-electron chi connectivity index (χ4n) is 3.30. The number of nitrogens with one attached hydrogen (secondary N) is 1. The fraction of sp³-hybridized carbons (Fsp3) is 0.273. The molecule has 2 aromatic carbocycles. The van der Waals surface area contributed by atoms with Crippen LogP contribution in [0.3, 0.4) is 0 Å². The van der Waals surface area contributed by atoms with Gasteiger partial charge in [0.05, 0.1) is 23.1 Å². The quantitative estimate of drug-likeness (QED) is 0.735. The van der Waals surface area contributed by atoms with Crippen molar-refractivity contribution in [1.82, 2.24) is 9.78 Å². The van der Waals surface area contributed by atoms with Gasteiger partial charge in [-0.3, -0.25) is 4.79 Å². The van der Waals surface area contributed by atoms with Gasteiger partial charge in [-0.15, -0.1) is 0 Å². The van der Waals surface area contributed by atoms with Crippen LogP contribution in [0.2, 0.25) is 0 Å². The number of nitrogens with zero attached hydrogens (tertiary/aromatic N) is 2. The van der Waals surface area contributed by atoms with Gasteiger partial charge in [-0.1, -0.05) is 31.5 Å². The molecule has 0 bridgehead atoms. The first-order valence-electron chi connectivity index (χ1n) is 9.39. The summed E-state index contributed by atoms with van der Waals surface area (Å²) >= 11 is 0. The molecule has 0 radical (unpaired) electrons. The number of benzene rings is 2. The topological polar surface area (TPSA) is 65.4 Å². The average molecular weight is 377 g/mol. The number of hydrogen-bond acceptors (Lipinski definition) is 4. The van der Waals surface area contributed by atoms with E-state index in [1.54, 1.807) is 12.3 Å². The van der Waals surface area contributed by atoms with Crippen LogP contribution in [0.25, 0.3) is 5.69 Å². The smallest absolute Gasteiger partial charge is 0.259 e. The van der Waals surface area contributed by atoms with Crippen molar-refractivity contribution in [3.05, 3.63) is 65.5 Å². The summed E-state index contributed by atoms with van der Waals surface area (Å²) in [6, 6.07) is 13.5. The molecule has 1 aliphatic rings. The van der Waals surface area contributed by atoms with Crippen molar-refractivity contribution in [2.24, 2.45) is 0 Å². The van der Waals surface area contributed by atoms with E-state index in [9.17, 15) is 4.79 Å². The van der Waals surface area contributed by atoms with Gasteiger partial charge in [-0.25, -0.2) is 4.68 Å². The molecule has 4 rings (SSSR count). The Bertz CT molecular complexity index is 1010. The summed E-state index contributed by atoms with van der Waals surface area (Å²) < 4.78 is 13.0. The highest BCUT2D eigenvalue weighted by Crippen LogP contribution is 2.33. The molecule has 0 saturated heterocycles. The van der Waals surface area contributed by atoms with E-state index in [1.165, 1.54) is 5.56 Å². The molecule has 1 amide bonds. The van der Waals surface area contributed by atoms with Crippen LogP contribution in [0.1, 0.15) is 41.4 Å². The van der Waals surface area contributed by atoms with Gasteiger partial charge in [-0.05, 0) is 37.1 Å². The molecule has 0 saturated carbocycles. The van der Waals surface area contributed by atoms with Gasteiger partial charge in [0.2, 0.25) is 0 Å². The molecule has 6 nitrogen and oxygen atoms in total. The van der Waals surface area contributed by atoms with E-state index in [0.717, 1.165) is 11.4 Å². The molecule has 0 fully saturated rings. The second-order valence-corrected chi connectivity index (χ2v) is 7.16. The molecule has 0 spiro atoms. The van der Waals surface area contributed by atoms with E-state index in [4.69, 9.17) is 9.47 Å². The summed E-state index contributed by atoms with van der Waals surface area (Å²) in [7, 11) is 0. The van der Waals surface area contributed by atoms with Crippen molar-refractivity contribution in [2.75, 3.05) is 18.5 Å². The Labute approximate surface area is 164 Å². The second-order valence-electron chi connectivity index (χ2n) is 7.16. The number of fused-ring (bicyclic) bond motifs is 1. The van der Waals surface area contributed by atoms with Crippen LogP contribution < -0.4 is 14.8 Å². The van der Waals surface area contributed by atoms with Crippen molar-refractivity contribution in [3.8, 4) is 17.2 Å². The average Bonchev–Trinajstić information content (AvgIpc) is 3.14. The number of carbonyl (C=O) groups excluding carboxylic acids is 1.